The molecule has 0 spiro atoms. The van der Waals surface area contributed by atoms with Gasteiger partial charge in [0.15, 0.2) is 0 Å². The number of carbonyl (C=O) groups is 12. The van der Waals surface area contributed by atoms with E-state index in [1.807, 2.05) is 32.9 Å². The summed E-state index contributed by atoms with van der Waals surface area (Å²) < 4.78 is 0. The van der Waals surface area contributed by atoms with E-state index in [1.54, 1.807) is 54.7 Å². The molecule has 0 aliphatic rings. The minimum atomic E-state index is -1.66. The molecule has 1 heterocycles. The Balaban J connectivity index is 3.12. The summed E-state index contributed by atoms with van der Waals surface area (Å²) >= 11 is 0. The second-order valence-electron chi connectivity index (χ2n) is 22.6. The molecule has 82 heavy (non-hydrogen) atoms. The van der Waals surface area contributed by atoms with E-state index < -0.39 is 132 Å². The maximum atomic E-state index is 14.1. The van der Waals surface area contributed by atoms with Crippen LogP contribution in [0.3, 0.4) is 0 Å². The van der Waals surface area contributed by atoms with Crippen LogP contribution in [0.5, 0.6) is 0 Å². The molecule has 15 N–H and O–H groups in total. The average Bonchev–Trinajstić information content (AvgIpc) is 3.37. The van der Waals surface area contributed by atoms with Gasteiger partial charge in [0.1, 0.15) is 53.6 Å². The molecule has 1 aromatic rings. The maximum absolute atomic E-state index is 14.1. The zero-order valence-electron chi connectivity index (χ0n) is 50.1. The van der Waals surface area contributed by atoms with Crippen molar-refractivity contribution in [3.63, 3.8) is 0 Å². The Hall–Kier alpha value is -7.61. The number of hydrogen-bond acceptors (Lipinski definition) is 14. The summed E-state index contributed by atoms with van der Waals surface area (Å²) in [5.41, 5.74) is 4.66. The normalized spacial score (nSPS) is 13.9. The molecule has 0 aliphatic carbocycles. The van der Waals surface area contributed by atoms with Gasteiger partial charge < -0.3 is 74.6 Å². The van der Waals surface area contributed by atoms with Gasteiger partial charge in [-0.3, -0.25) is 52.7 Å². The number of carbonyl (C=O) groups excluding carboxylic acids is 11. The third-order valence-corrected chi connectivity index (χ3v) is 12.4. The maximum Gasteiger partial charge on any atom is 0.312 e. The number of primary amides is 1. The van der Waals surface area contributed by atoms with E-state index in [1.165, 1.54) is 20.8 Å². The van der Waals surface area contributed by atoms with Crippen molar-refractivity contribution in [1.29, 1.82) is 0 Å². The molecule has 12 amide bonds. The minimum absolute atomic E-state index is 0.0115. The molecule has 7 atom stereocenters. The number of nitrogens with one attached hydrogen (secondary N) is 12. The molecular weight excluding hydrogens is 1060 g/mol. The minimum Gasteiger partial charge on any atom is -0.481 e. The summed E-state index contributed by atoms with van der Waals surface area (Å²) in [6.07, 6.45) is 2.53. The predicted octanol–water partition coefficient (Wildman–Crippen LogP) is 0.393. The van der Waals surface area contributed by atoms with Crippen molar-refractivity contribution in [3.8, 4) is 0 Å². The van der Waals surface area contributed by atoms with Gasteiger partial charge in [0.05, 0.1) is 13.0 Å². The zero-order chi connectivity index (χ0) is 62.4. The lowest BCUT2D eigenvalue weighted by molar-refractivity contribution is -0.141. The third kappa shape index (κ3) is 29.7. The number of anilines is 1. The van der Waals surface area contributed by atoms with Crippen molar-refractivity contribution < 1.29 is 62.6 Å². The predicted molar refractivity (Wildman–Crippen MR) is 307 cm³/mol. The number of pyridine rings is 1. The average molecular weight is 1160 g/mol. The molecule has 27 nitrogen and oxygen atoms in total. The van der Waals surface area contributed by atoms with Crippen LogP contribution in [0.4, 0.5) is 10.6 Å². The first kappa shape index (κ1) is 72.4. The van der Waals surface area contributed by atoms with Crippen LogP contribution in [0, 0.1) is 24.7 Å². The fourth-order valence-electron chi connectivity index (χ4n) is 8.07. The van der Waals surface area contributed by atoms with Crippen LogP contribution in [-0.4, -0.2) is 155 Å². The molecule has 0 saturated carbocycles. The number of unbranched alkanes of at least 4 members (excludes halogenated alkanes) is 1. The lowest BCUT2D eigenvalue weighted by Gasteiger charge is -2.31. The first-order chi connectivity index (χ1) is 38.2. The number of urea groups is 1. The van der Waals surface area contributed by atoms with Crippen molar-refractivity contribution in [2.45, 2.75) is 208 Å². The number of rotatable bonds is 38. The quantitative estimate of drug-likeness (QED) is 0.0399. The van der Waals surface area contributed by atoms with Gasteiger partial charge in [-0.2, -0.15) is 0 Å². The smallest absolute Gasteiger partial charge is 0.312 e. The zero-order valence-corrected chi connectivity index (χ0v) is 50.1. The molecule has 0 radical (unpaired) electrons. The number of carboxylic acid groups (broad SMARTS) is 1. The highest BCUT2D eigenvalue weighted by atomic mass is 16.4. The molecule has 0 aliphatic heterocycles. The number of hydrogen-bond donors (Lipinski definition) is 14. The standard InChI is InChI=1S/C55H94N14O13/c1-14-36(47(75)66-39(25-31(4)5)50(78)65-37(18-17-22-59-54(56)82)52(80)69-55(12,13)53(81)68-40(26-32(6)7)48(76)61-33(8)9)64-46(74)35(11)62-49(77)38(24-30(2)3)67-51(79)41(28-45(72)73)63-44(71)29-60-43(70)19-15-16-21-57-42-27-34(10)20-23-58-42/h20,23,27,30-33,35-41H,14-19,21-22,24-26,28-29H2,1-13H3,(H,57,58)(H,60,70)(H,61,76)(H,62,77)(H,63,71)(H,64,74)(H,65,78)(H,66,75)(H,67,79)(H,68,81)(H,69,80)(H,72,73)(H3,56,59,82)/t35-,36-,37-,38-,39-,40-,41-/m0/s1. The van der Waals surface area contributed by atoms with Crippen LogP contribution in [0.2, 0.25) is 0 Å². The van der Waals surface area contributed by atoms with Gasteiger partial charge in [-0.05, 0) is 128 Å². The number of aliphatic carboxylic acids is 1. The largest absolute Gasteiger partial charge is 0.481 e. The van der Waals surface area contributed by atoms with Crippen molar-refractivity contribution in [2.24, 2.45) is 23.5 Å². The van der Waals surface area contributed by atoms with Gasteiger partial charge in [-0.15, -0.1) is 0 Å². The Labute approximate surface area is 482 Å². The summed E-state index contributed by atoms with van der Waals surface area (Å²) in [5, 5.41) is 41.0. The summed E-state index contributed by atoms with van der Waals surface area (Å²) in [6, 6.07) is -6.31. The fraction of sp³-hybridized carbons (Fsp3) is 0.691. The molecule has 0 aromatic carbocycles. The van der Waals surface area contributed by atoms with E-state index in [-0.39, 0.29) is 68.9 Å². The molecule has 1 aromatic heterocycles. The highest BCUT2D eigenvalue weighted by molar-refractivity contribution is 5.99. The summed E-state index contributed by atoms with van der Waals surface area (Å²) in [6.45, 7) is 22.2. The van der Waals surface area contributed by atoms with Gasteiger partial charge in [-0.25, -0.2) is 9.78 Å². The SMILES string of the molecule is CC[C@H](NC(=O)[C@H](C)NC(=O)[C@H](CC(C)C)NC(=O)[C@H](CC(=O)O)NC(=O)CNC(=O)CCCCNc1cc(C)ccn1)C(=O)N[C@@H](CC(C)C)C(=O)N[C@@H](CCCNC(N)=O)C(=O)NC(C)(C)C(=O)N[C@@H](CC(C)C)C(=O)NC(C)C. The summed E-state index contributed by atoms with van der Waals surface area (Å²) in [4.78, 5) is 162. The van der Waals surface area contributed by atoms with Crippen LogP contribution >= 0.6 is 0 Å². The van der Waals surface area contributed by atoms with E-state index in [9.17, 15) is 62.6 Å². The number of aryl methyl sites for hydroxylation is 1. The van der Waals surface area contributed by atoms with E-state index in [4.69, 9.17) is 5.73 Å². The van der Waals surface area contributed by atoms with Gasteiger partial charge in [-0.1, -0.05) is 48.5 Å². The molecule has 1 rings (SSSR count). The lowest BCUT2D eigenvalue weighted by atomic mass is 9.98. The summed E-state index contributed by atoms with van der Waals surface area (Å²) in [7, 11) is 0. The topological polar surface area (TPSA) is 408 Å². The summed E-state index contributed by atoms with van der Waals surface area (Å²) in [5.74, 6) is -8.53. The Morgan fingerprint density at radius 1 is 0.573 bits per heavy atom. The highest BCUT2D eigenvalue weighted by Gasteiger charge is 2.37. The van der Waals surface area contributed by atoms with Gasteiger partial charge in [0, 0.05) is 31.7 Å². The molecule has 0 saturated heterocycles. The van der Waals surface area contributed by atoms with Crippen LogP contribution < -0.4 is 69.5 Å². The van der Waals surface area contributed by atoms with Crippen LogP contribution in [0.15, 0.2) is 18.3 Å². The molecule has 0 bridgehead atoms. The molecule has 462 valence electrons. The molecule has 0 fully saturated rings. The van der Waals surface area contributed by atoms with Crippen LogP contribution in [-0.2, 0) is 52.7 Å². The Morgan fingerprint density at radius 2 is 1.09 bits per heavy atom. The molecule has 27 heteroatoms. The van der Waals surface area contributed by atoms with E-state index in [0.717, 1.165) is 5.56 Å². The Bertz CT molecular complexity index is 2330. The van der Waals surface area contributed by atoms with Crippen LogP contribution in [0.1, 0.15) is 153 Å². The van der Waals surface area contributed by atoms with E-state index >= 15 is 0 Å². The number of aromatic nitrogens is 1. The number of carboxylic acids is 1. The highest BCUT2D eigenvalue weighted by Crippen LogP contribution is 2.13. The van der Waals surface area contributed by atoms with Crippen molar-refractivity contribution >= 4 is 76.9 Å². The second kappa shape index (κ2) is 36.7. The van der Waals surface area contributed by atoms with Crippen molar-refractivity contribution in [3.05, 3.63) is 23.9 Å². The van der Waals surface area contributed by atoms with Gasteiger partial charge in [0.2, 0.25) is 59.1 Å². The number of nitrogens with zero attached hydrogens (tertiary/aromatic N) is 1. The number of amides is 12. The fourth-order valence-corrected chi connectivity index (χ4v) is 8.07. The van der Waals surface area contributed by atoms with E-state index in [2.05, 4.69) is 68.8 Å². The third-order valence-electron chi connectivity index (χ3n) is 12.4. The Kier molecular flexibility index (Phi) is 32.4. The Morgan fingerprint density at radius 3 is 1.61 bits per heavy atom. The van der Waals surface area contributed by atoms with Crippen molar-refractivity contribution in [2.75, 3.05) is 25.0 Å². The second-order valence-corrected chi connectivity index (χ2v) is 22.6. The monoisotopic (exact) mass is 1160 g/mol. The molecule has 0 unspecified atom stereocenters. The number of nitrogens with two attached hydrogens (primary N) is 1. The van der Waals surface area contributed by atoms with Gasteiger partial charge >= 0.3 is 12.0 Å². The first-order valence-corrected chi connectivity index (χ1v) is 28.2. The lowest BCUT2D eigenvalue weighted by Crippen LogP contribution is -2.63. The van der Waals surface area contributed by atoms with Gasteiger partial charge in [0.25, 0.3) is 0 Å². The first-order valence-electron chi connectivity index (χ1n) is 28.2. The van der Waals surface area contributed by atoms with Crippen molar-refractivity contribution in [1.82, 2.24) is 63.5 Å². The molecular formula is C55H94N14O13. The van der Waals surface area contributed by atoms with E-state index in [0.29, 0.717) is 31.6 Å². The van der Waals surface area contributed by atoms with Crippen LogP contribution in [0.25, 0.3) is 0 Å².